The molecule has 0 aromatic rings. The Labute approximate surface area is 112 Å². The molecular weight excluding hydrogens is 165 g/mol. The third-order valence-electron chi connectivity index (χ3n) is 2.35. The third-order valence-corrected chi connectivity index (χ3v) is 2.35. The summed E-state index contributed by atoms with van der Waals surface area (Å²) in [6, 6.07) is 0.717. The molecule has 1 heterocycles. The van der Waals surface area contributed by atoms with Crippen molar-refractivity contribution in [1.29, 1.82) is 0 Å². The van der Waals surface area contributed by atoms with Crippen LogP contribution in [0.5, 0.6) is 0 Å². The summed E-state index contributed by atoms with van der Waals surface area (Å²) >= 11 is 0. The molecule has 11 heavy (non-hydrogen) atoms. The van der Waals surface area contributed by atoms with Crippen molar-refractivity contribution in [3.05, 3.63) is 0 Å². The van der Waals surface area contributed by atoms with Crippen LogP contribution < -0.4 is 56.5 Å². The molecule has 0 amide bonds. The molecule has 0 unspecified atom stereocenters. The van der Waals surface area contributed by atoms with E-state index in [1.165, 1.54) is 19.4 Å². The predicted octanol–water partition coefficient (Wildman–Crippen LogP) is -2.77. The van der Waals surface area contributed by atoms with Crippen LogP contribution in [0.2, 0.25) is 0 Å². The van der Waals surface area contributed by atoms with Crippen LogP contribution >= 0.6 is 0 Å². The van der Waals surface area contributed by atoms with Crippen molar-refractivity contribution in [3.63, 3.8) is 0 Å². The molecule has 3 heteroatoms. The molecule has 2 nitrogen and oxygen atoms in total. The molecule has 1 rings (SSSR count). The minimum Gasteiger partial charge on any atom is -0.854 e. The molecule has 1 aliphatic rings. The Morgan fingerprint density at radius 3 is 2.73 bits per heavy atom. The van der Waals surface area contributed by atoms with E-state index in [1.54, 1.807) is 0 Å². The van der Waals surface area contributed by atoms with Crippen LogP contribution in [0, 0.1) is 0 Å². The summed E-state index contributed by atoms with van der Waals surface area (Å²) in [6.07, 6.45) is 4.59. The monoisotopic (exact) mass is 181 g/mol. The van der Waals surface area contributed by atoms with E-state index >= 15 is 0 Å². The second-order valence-corrected chi connectivity index (χ2v) is 3.12. The summed E-state index contributed by atoms with van der Waals surface area (Å²) in [4.78, 5) is 2.37. The van der Waals surface area contributed by atoms with Crippen LogP contribution in [0.3, 0.4) is 0 Å². The Morgan fingerprint density at radius 1 is 1.55 bits per heavy atom. The summed E-state index contributed by atoms with van der Waals surface area (Å²) in [6.45, 7) is 1.33. The zero-order chi connectivity index (χ0) is 7.40. The molecular formula is C8H16KNO. The van der Waals surface area contributed by atoms with Crippen molar-refractivity contribution in [2.45, 2.75) is 31.7 Å². The molecule has 1 saturated heterocycles. The smallest absolute Gasteiger partial charge is 0.854 e. The van der Waals surface area contributed by atoms with Crippen molar-refractivity contribution in [1.82, 2.24) is 4.90 Å². The van der Waals surface area contributed by atoms with Gasteiger partial charge in [0.15, 0.2) is 0 Å². The van der Waals surface area contributed by atoms with Gasteiger partial charge in [0.25, 0.3) is 0 Å². The summed E-state index contributed by atoms with van der Waals surface area (Å²) < 4.78 is 0. The quantitative estimate of drug-likeness (QED) is 0.441. The zero-order valence-corrected chi connectivity index (χ0v) is 10.8. The number of likely N-dealkylation sites (tertiary alicyclic amines) is 1. The zero-order valence-electron chi connectivity index (χ0n) is 7.68. The van der Waals surface area contributed by atoms with Gasteiger partial charge in [-0.3, -0.25) is 0 Å². The first-order chi connectivity index (χ1) is 4.84. The standard InChI is InChI=1S/C8H16NO.K/c1-9-6-2-4-8(9)5-3-7-10;/h8H,2-7H2,1H3;/q-1;+1/t8-;/m1./s1. The molecule has 0 bridgehead atoms. The summed E-state index contributed by atoms with van der Waals surface area (Å²) in [5.74, 6) is 0. The Hall–Kier alpha value is 1.56. The Balaban J connectivity index is 0.000001000. The normalized spacial score (nSPS) is 25.1. The maximum Gasteiger partial charge on any atom is 1.00 e. The van der Waals surface area contributed by atoms with Crippen molar-refractivity contribution >= 4 is 0 Å². The predicted molar refractivity (Wildman–Crippen MR) is 39.8 cm³/mol. The van der Waals surface area contributed by atoms with Crippen LogP contribution in [0.15, 0.2) is 0 Å². The minimum absolute atomic E-state index is 0. The van der Waals surface area contributed by atoms with Crippen LogP contribution in [0.25, 0.3) is 0 Å². The topological polar surface area (TPSA) is 26.3 Å². The van der Waals surface area contributed by atoms with Gasteiger partial charge < -0.3 is 10.0 Å². The van der Waals surface area contributed by atoms with Gasteiger partial charge in [-0.2, -0.15) is 0 Å². The molecule has 0 spiro atoms. The van der Waals surface area contributed by atoms with Gasteiger partial charge in [0, 0.05) is 6.04 Å². The van der Waals surface area contributed by atoms with E-state index in [1.807, 2.05) is 0 Å². The van der Waals surface area contributed by atoms with Crippen molar-refractivity contribution in [2.24, 2.45) is 0 Å². The number of hydrogen-bond donors (Lipinski definition) is 0. The molecule has 1 fully saturated rings. The molecule has 0 saturated carbocycles. The summed E-state index contributed by atoms with van der Waals surface area (Å²) in [5.41, 5.74) is 0. The summed E-state index contributed by atoms with van der Waals surface area (Å²) in [7, 11) is 2.16. The SMILES string of the molecule is CN1CCC[C@@H]1CCC[O-].[K+]. The molecule has 60 valence electrons. The van der Waals surface area contributed by atoms with E-state index in [2.05, 4.69) is 11.9 Å². The van der Waals surface area contributed by atoms with Gasteiger partial charge in [-0.15, -0.1) is 6.61 Å². The van der Waals surface area contributed by atoms with Gasteiger partial charge in [0.05, 0.1) is 0 Å². The van der Waals surface area contributed by atoms with Gasteiger partial charge in [-0.05, 0) is 32.9 Å². The van der Waals surface area contributed by atoms with E-state index in [4.69, 9.17) is 0 Å². The van der Waals surface area contributed by atoms with Crippen molar-refractivity contribution in [2.75, 3.05) is 20.2 Å². The second-order valence-electron chi connectivity index (χ2n) is 3.12. The minimum atomic E-state index is 0. The Kier molecular flexibility index (Phi) is 8.00. The molecule has 1 aliphatic heterocycles. The molecule has 0 aromatic carbocycles. The van der Waals surface area contributed by atoms with Gasteiger partial charge in [-0.25, -0.2) is 0 Å². The van der Waals surface area contributed by atoms with Crippen molar-refractivity contribution < 1.29 is 56.5 Å². The summed E-state index contributed by atoms with van der Waals surface area (Å²) in [5, 5.41) is 10.2. The van der Waals surface area contributed by atoms with E-state index in [9.17, 15) is 5.11 Å². The van der Waals surface area contributed by atoms with E-state index in [0.29, 0.717) is 6.04 Å². The van der Waals surface area contributed by atoms with E-state index in [0.717, 1.165) is 12.8 Å². The first kappa shape index (κ1) is 12.6. The Morgan fingerprint density at radius 2 is 2.27 bits per heavy atom. The number of hydrogen-bond acceptors (Lipinski definition) is 2. The van der Waals surface area contributed by atoms with Gasteiger partial charge in [0.2, 0.25) is 0 Å². The average Bonchev–Trinajstić information content (AvgIpc) is 2.31. The molecule has 1 atom stereocenters. The fraction of sp³-hybridized carbons (Fsp3) is 1.00. The number of nitrogens with zero attached hydrogens (tertiary/aromatic N) is 1. The van der Waals surface area contributed by atoms with Gasteiger partial charge >= 0.3 is 51.4 Å². The van der Waals surface area contributed by atoms with Crippen molar-refractivity contribution in [3.8, 4) is 0 Å². The first-order valence-electron chi connectivity index (χ1n) is 4.13. The van der Waals surface area contributed by atoms with Crippen LogP contribution in [0.4, 0.5) is 0 Å². The molecule has 0 aliphatic carbocycles. The van der Waals surface area contributed by atoms with Crippen LogP contribution in [-0.4, -0.2) is 31.1 Å². The van der Waals surface area contributed by atoms with Gasteiger partial charge in [-0.1, -0.05) is 6.42 Å². The largest absolute Gasteiger partial charge is 1.00 e. The fourth-order valence-corrected chi connectivity index (χ4v) is 1.66. The second kappa shape index (κ2) is 7.01. The van der Waals surface area contributed by atoms with Gasteiger partial charge in [0.1, 0.15) is 0 Å². The molecule has 0 aromatic heterocycles. The average molecular weight is 181 g/mol. The molecule has 0 radical (unpaired) electrons. The van der Waals surface area contributed by atoms with Crippen LogP contribution in [-0.2, 0) is 0 Å². The number of rotatable bonds is 3. The third kappa shape index (κ3) is 4.36. The molecule has 0 N–H and O–H groups in total. The maximum atomic E-state index is 10.2. The first-order valence-corrected chi connectivity index (χ1v) is 4.13. The van der Waals surface area contributed by atoms with E-state index < -0.39 is 0 Å². The van der Waals surface area contributed by atoms with E-state index in [-0.39, 0.29) is 58.0 Å². The Bertz CT molecular complexity index is 100. The fourth-order valence-electron chi connectivity index (χ4n) is 1.66. The van der Waals surface area contributed by atoms with Crippen LogP contribution in [0.1, 0.15) is 25.7 Å². The maximum absolute atomic E-state index is 10.2.